The number of nitrogens with zero attached hydrogens (tertiary/aromatic N) is 3. The van der Waals surface area contributed by atoms with E-state index in [1.807, 2.05) is 41.5 Å². The van der Waals surface area contributed by atoms with E-state index >= 15 is 0 Å². The molecule has 0 saturated carbocycles. The summed E-state index contributed by atoms with van der Waals surface area (Å²) in [5.74, 6) is 0.138. The van der Waals surface area contributed by atoms with Crippen LogP contribution >= 0.6 is 23.1 Å². The number of hydrogen-bond acceptors (Lipinski definition) is 5. The molecule has 4 rings (SSSR count). The molecule has 0 unspecified atom stereocenters. The molecule has 122 valence electrons. The molecule has 0 fully saturated rings. The zero-order valence-corrected chi connectivity index (χ0v) is 15.1. The van der Waals surface area contributed by atoms with Gasteiger partial charge in [-0.15, -0.1) is 11.3 Å². The summed E-state index contributed by atoms with van der Waals surface area (Å²) < 4.78 is 0. The molecule has 1 aliphatic heterocycles. The smallest absolute Gasteiger partial charge is 0.240 e. The molecule has 1 aliphatic rings. The Morgan fingerprint density at radius 3 is 3.04 bits per heavy atom. The van der Waals surface area contributed by atoms with Crippen LogP contribution in [-0.4, -0.2) is 27.2 Å². The van der Waals surface area contributed by atoms with E-state index in [2.05, 4.69) is 23.0 Å². The van der Waals surface area contributed by atoms with Gasteiger partial charge in [0.15, 0.2) is 0 Å². The number of amides is 1. The van der Waals surface area contributed by atoms with Crippen molar-refractivity contribution in [3.05, 3.63) is 47.6 Å². The number of thioether (sulfide) groups is 1. The van der Waals surface area contributed by atoms with Crippen molar-refractivity contribution in [2.75, 3.05) is 4.90 Å². The number of aromatic nitrogens is 2. The summed E-state index contributed by atoms with van der Waals surface area (Å²) in [4.78, 5) is 24.6. The quantitative estimate of drug-likeness (QED) is 0.523. The molecule has 6 heteroatoms. The Labute approximate surface area is 148 Å². The van der Waals surface area contributed by atoms with Crippen LogP contribution in [0, 0.1) is 0 Å². The van der Waals surface area contributed by atoms with Crippen LogP contribution in [0.4, 0.5) is 5.69 Å². The fourth-order valence-electron chi connectivity index (χ4n) is 3.18. The summed E-state index contributed by atoms with van der Waals surface area (Å²) in [6, 6.07) is 10.4. The maximum absolute atomic E-state index is 13.1. The van der Waals surface area contributed by atoms with Gasteiger partial charge < -0.3 is 4.90 Å². The van der Waals surface area contributed by atoms with Gasteiger partial charge in [0.2, 0.25) is 5.91 Å². The van der Waals surface area contributed by atoms with Gasteiger partial charge in [-0.25, -0.2) is 9.97 Å². The number of carbonyl (C=O) groups excluding carboxylic acids is 1. The van der Waals surface area contributed by atoms with Gasteiger partial charge in [-0.2, -0.15) is 0 Å². The molecular formula is C18H17N3OS2. The van der Waals surface area contributed by atoms with E-state index in [-0.39, 0.29) is 17.2 Å². The van der Waals surface area contributed by atoms with E-state index in [9.17, 15) is 4.79 Å². The van der Waals surface area contributed by atoms with Crippen LogP contribution in [0.1, 0.15) is 19.4 Å². The third-order valence-corrected chi connectivity index (χ3v) is 6.23. The lowest BCUT2D eigenvalue weighted by Gasteiger charge is -2.25. The number of carbonyl (C=O) groups is 1. The lowest BCUT2D eigenvalue weighted by molar-refractivity contribution is -0.118. The van der Waals surface area contributed by atoms with Crippen molar-refractivity contribution in [1.29, 1.82) is 0 Å². The zero-order chi connectivity index (χ0) is 16.7. The molecule has 0 bridgehead atoms. The third-order valence-electron chi connectivity index (χ3n) is 4.31. The summed E-state index contributed by atoms with van der Waals surface area (Å²) in [5.41, 5.74) is 2.30. The second-order valence-corrected chi connectivity index (χ2v) is 8.19. The highest BCUT2D eigenvalue weighted by Gasteiger charge is 2.33. The second kappa shape index (κ2) is 6.18. The van der Waals surface area contributed by atoms with Gasteiger partial charge in [0.1, 0.15) is 16.2 Å². The van der Waals surface area contributed by atoms with Crippen LogP contribution < -0.4 is 4.90 Å². The number of thiophene rings is 1. The Morgan fingerprint density at radius 1 is 1.33 bits per heavy atom. The molecule has 1 aromatic carbocycles. The van der Waals surface area contributed by atoms with Crippen molar-refractivity contribution in [1.82, 2.24) is 9.97 Å². The summed E-state index contributed by atoms with van der Waals surface area (Å²) in [6.45, 7) is 4.07. The van der Waals surface area contributed by atoms with Crippen molar-refractivity contribution in [3.8, 4) is 0 Å². The minimum atomic E-state index is -0.198. The van der Waals surface area contributed by atoms with Crippen molar-refractivity contribution < 1.29 is 4.79 Å². The maximum atomic E-state index is 13.1. The van der Waals surface area contributed by atoms with Gasteiger partial charge in [-0.1, -0.05) is 30.0 Å². The molecule has 0 spiro atoms. The first-order valence-corrected chi connectivity index (χ1v) is 9.67. The van der Waals surface area contributed by atoms with E-state index in [1.165, 1.54) is 17.3 Å². The van der Waals surface area contributed by atoms with Gasteiger partial charge in [-0.3, -0.25) is 4.79 Å². The Hall–Kier alpha value is -1.92. The first-order chi connectivity index (χ1) is 11.6. The number of fused-ring (bicyclic) bond motifs is 2. The van der Waals surface area contributed by atoms with Crippen molar-refractivity contribution in [2.24, 2.45) is 0 Å². The molecule has 1 amide bonds. The first kappa shape index (κ1) is 15.6. The summed E-state index contributed by atoms with van der Waals surface area (Å²) in [6.07, 6.45) is 2.49. The Balaban J connectivity index is 1.60. The SMILES string of the molecule is C[C@H](Sc1ncnc2sccc12)C(=O)N1c2ccccc2C[C@@H]1C. The zero-order valence-electron chi connectivity index (χ0n) is 13.5. The standard InChI is InChI=1S/C18H17N3OS2/c1-11-9-13-5-3-4-6-15(13)21(11)18(22)12(2)24-17-14-7-8-23-16(14)19-10-20-17/h3-8,10-12H,9H2,1-2H3/t11-,12-/m0/s1. The van der Waals surface area contributed by atoms with Crippen molar-refractivity contribution in [2.45, 2.75) is 36.6 Å². The summed E-state index contributed by atoms with van der Waals surface area (Å²) >= 11 is 3.11. The van der Waals surface area contributed by atoms with Crippen LogP contribution in [-0.2, 0) is 11.2 Å². The monoisotopic (exact) mass is 355 g/mol. The van der Waals surface area contributed by atoms with Crippen LogP contribution in [0.2, 0.25) is 0 Å². The van der Waals surface area contributed by atoms with Gasteiger partial charge in [0.25, 0.3) is 0 Å². The molecule has 3 heterocycles. The maximum Gasteiger partial charge on any atom is 0.240 e. The predicted octanol–water partition coefficient (Wildman–Crippen LogP) is 4.15. The molecule has 0 N–H and O–H groups in total. The molecule has 4 nitrogen and oxygen atoms in total. The highest BCUT2D eigenvalue weighted by Crippen LogP contribution is 2.36. The summed E-state index contributed by atoms with van der Waals surface area (Å²) in [5, 5.41) is 3.72. The molecule has 3 aromatic rings. The van der Waals surface area contributed by atoms with E-state index < -0.39 is 0 Å². The van der Waals surface area contributed by atoms with Gasteiger partial charge in [0.05, 0.1) is 5.25 Å². The highest BCUT2D eigenvalue weighted by atomic mass is 32.2. The van der Waals surface area contributed by atoms with E-state index in [0.717, 1.165) is 27.4 Å². The van der Waals surface area contributed by atoms with E-state index in [0.29, 0.717) is 0 Å². The number of anilines is 1. The van der Waals surface area contributed by atoms with Crippen LogP contribution in [0.3, 0.4) is 0 Å². The number of para-hydroxylation sites is 1. The normalized spacial score (nSPS) is 17.9. The second-order valence-electron chi connectivity index (χ2n) is 5.97. The van der Waals surface area contributed by atoms with Crippen LogP contribution in [0.25, 0.3) is 10.2 Å². The van der Waals surface area contributed by atoms with Gasteiger partial charge >= 0.3 is 0 Å². The minimum absolute atomic E-state index is 0.138. The highest BCUT2D eigenvalue weighted by molar-refractivity contribution is 8.00. The molecular weight excluding hydrogens is 338 g/mol. The molecule has 2 atom stereocenters. The molecule has 0 saturated heterocycles. The third kappa shape index (κ3) is 2.59. The molecule has 0 aliphatic carbocycles. The van der Waals surface area contributed by atoms with Crippen LogP contribution in [0.5, 0.6) is 0 Å². The summed E-state index contributed by atoms with van der Waals surface area (Å²) in [7, 11) is 0. The Bertz CT molecular complexity index is 908. The Morgan fingerprint density at radius 2 is 2.17 bits per heavy atom. The Kier molecular flexibility index (Phi) is 4.02. The number of benzene rings is 1. The van der Waals surface area contributed by atoms with Crippen molar-refractivity contribution >= 4 is 44.9 Å². The average Bonchev–Trinajstić information content (AvgIpc) is 3.18. The fourth-order valence-corrected chi connectivity index (χ4v) is 4.92. The lowest BCUT2D eigenvalue weighted by Crippen LogP contribution is -2.40. The van der Waals surface area contributed by atoms with Gasteiger partial charge in [-0.05, 0) is 43.3 Å². The lowest BCUT2D eigenvalue weighted by atomic mass is 10.1. The first-order valence-electron chi connectivity index (χ1n) is 7.91. The predicted molar refractivity (Wildman–Crippen MR) is 99.8 cm³/mol. The molecule has 24 heavy (non-hydrogen) atoms. The van der Waals surface area contributed by atoms with Crippen molar-refractivity contribution in [3.63, 3.8) is 0 Å². The fraction of sp³-hybridized carbons (Fsp3) is 0.278. The minimum Gasteiger partial charge on any atom is -0.308 e. The molecule has 2 aromatic heterocycles. The van der Waals surface area contributed by atoms with Crippen LogP contribution in [0.15, 0.2) is 47.1 Å². The average molecular weight is 355 g/mol. The largest absolute Gasteiger partial charge is 0.308 e. The number of rotatable bonds is 3. The van der Waals surface area contributed by atoms with E-state index in [4.69, 9.17) is 0 Å². The van der Waals surface area contributed by atoms with E-state index in [1.54, 1.807) is 17.7 Å². The molecule has 0 radical (unpaired) electrons. The van der Waals surface area contributed by atoms with Gasteiger partial charge in [0, 0.05) is 17.1 Å². The topological polar surface area (TPSA) is 46.1 Å². The number of hydrogen-bond donors (Lipinski definition) is 0.